The number of aromatic amines is 1. The molecule has 0 aliphatic heterocycles. The Balaban J connectivity index is 1.48. The number of alkyl carbamates (subject to hydrolysis) is 1. The number of hydrogen-bond acceptors (Lipinski definition) is 10. The quantitative estimate of drug-likeness (QED) is 0.0329. The number of carbonyl (C=O) groups excluding carboxylic acids is 6. The largest absolute Gasteiger partial charge is 0.508 e. The summed E-state index contributed by atoms with van der Waals surface area (Å²) in [7, 11) is 0. The molecule has 69 heavy (non-hydrogen) atoms. The van der Waals surface area contributed by atoms with Gasteiger partial charge >= 0.3 is 12.1 Å². The van der Waals surface area contributed by atoms with Crippen LogP contribution in [0.25, 0.3) is 10.9 Å². The van der Waals surface area contributed by atoms with Gasteiger partial charge in [0.2, 0.25) is 29.5 Å². The summed E-state index contributed by atoms with van der Waals surface area (Å²) in [5, 5.41) is 36.5. The van der Waals surface area contributed by atoms with Crippen molar-refractivity contribution in [3.8, 4) is 11.5 Å². The van der Waals surface area contributed by atoms with Gasteiger partial charge in [-0.1, -0.05) is 88.1 Å². The molecule has 5 atom stereocenters. The number of aromatic hydroxyl groups is 1. The minimum atomic E-state index is -1.23. The zero-order valence-corrected chi connectivity index (χ0v) is 40.2. The van der Waals surface area contributed by atoms with E-state index in [4.69, 9.17) is 9.47 Å². The molecule has 0 aliphatic carbocycles. The lowest BCUT2D eigenvalue weighted by atomic mass is 10.0. The summed E-state index contributed by atoms with van der Waals surface area (Å²) in [5.41, 5.74) is 1.26. The number of carboxylic acid groups (broad SMARTS) is 1. The third-order valence-corrected chi connectivity index (χ3v) is 11.0. The average Bonchev–Trinajstić information content (AvgIpc) is 3.71. The van der Waals surface area contributed by atoms with Crippen LogP contribution in [0.15, 0.2) is 85.1 Å². The lowest BCUT2D eigenvalue weighted by Crippen LogP contribution is -2.57. The van der Waals surface area contributed by atoms with Gasteiger partial charge in [-0.15, -0.1) is 0 Å². The normalized spacial score (nSPS) is 13.4. The Morgan fingerprint density at radius 3 is 1.87 bits per heavy atom. The van der Waals surface area contributed by atoms with Crippen LogP contribution < -0.4 is 36.6 Å². The zero-order valence-electron chi connectivity index (χ0n) is 40.2. The van der Waals surface area contributed by atoms with Crippen molar-refractivity contribution in [2.75, 3.05) is 13.2 Å². The molecule has 0 radical (unpaired) electrons. The molecule has 0 saturated heterocycles. The number of carbonyl (C=O) groups is 7. The first-order valence-corrected chi connectivity index (χ1v) is 23.6. The van der Waals surface area contributed by atoms with E-state index in [-0.39, 0.29) is 37.9 Å². The standard InChI is InChI=1S/C51H69N7O11/c1-6-8-20-40(56-48(65)42(58-50(67)69-51(3,4)5)28-33-23-25-36(59)26-24-33)46(63)53-32-44(60)55-43(29-34-31-52-39-22-14-13-19-38(34)39)49(66)57-41(21-9-7-2)47(64)54-35(30-45(61)62)16-15-27-68-37-17-11-10-12-18-37/h10-14,17-19,22-26,31,35,40-43,52,59H,6-9,15-16,20-21,27-30,32H2,1-5H3,(H,53,63)(H,54,64)(H,55,60)(H,56,65)(H,57,66)(H,58,67)(H,61,62)/t35-,40+,41+,42+,43+/m1/s1. The van der Waals surface area contributed by atoms with Gasteiger partial charge in [-0.25, -0.2) is 4.79 Å². The highest BCUT2D eigenvalue weighted by atomic mass is 16.6. The second-order valence-corrected chi connectivity index (χ2v) is 18.0. The van der Waals surface area contributed by atoms with Crippen LogP contribution in [0.3, 0.4) is 0 Å². The summed E-state index contributed by atoms with van der Waals surface area (Å²) in [6.45, 7) is 8.60. The number of phenols is 1. The number of amides is 6. The summed E-state index contributed by atoms with van der Waals surface area (Å²) in [6, 6.07) is 17.3. The fourth-order valence-electron chi connectivity index (χ4n) is 7.47. The van der Waals surface area contributed by atoms with Crippen LogP contribution >= 0.6 is 0 Å². The SMILES string of the molecule is CCCC[C@H](NC(=O)[C@H](Cc1ccc(O)cc1)NC(=O)OC(C)(C)C)C(=O)NCC(=O)N[C@@H](Cc1c[nH]c2ccccc12)C(=O)N[C@@H](CCCC)C(=O)N[C@H](CCCOc1ccccc1)CC(=O)O. The predicted molar refractivity (Wildman–Crippen MR) is 260 cm³/mol. The minimum Gasteiger partial charge on any atom is -0.508 e. The minimum absolute atomic E-state index is 0.00293. The molecule has 1 heterocycles. The molecule has 0 unspecified atom stereocenters. The molecule has 6 amide bonds. The Kier molecular flexibility index (Phi) is 21.8. The van der Waals surface area contributed by atoms with E-state index in [1.807, 2.05) is 68.4 Å². The first-order valence-electron chi connectivity index (χ1n) is 23.6. The van der Waals surface area contributed by atoms with E-state index in [0.29, 0.717) is 62.0 Å². The summed E-state index contributed by atoms with van der Waals surface area (Å²) in [5.74, 6) is -3.74. The van der Waals surface area contributed by atoms with Crippen LogP contribution in [0.1, 0.15) is 104 Å². The van der Waals surface area contributed by atoms with Crippen molar-refractivity contribution in [1.29, 1.82) is 0 Å². The zero-order chi connectivity index (χ0) is 50.3. The summed E-state index contributed by atoms with van der Waals surface area (Å²) in [4.78, 5) is 97.2. The number of hydrogen-bond donors (Lipinski definition) is 9. The van der Waals surface area contributed by atoms with E-state index in [1.165, 1.54) is 12.1 Å². The Morgan fingerprint density at radius 2 is 1.25 bits per heavy atom. The lowest BCUT2D eigenvalue weighted by molar-refractivity contribution is -0.138. The van der Waals surface area contributed by atoms with Gasteiger partial charge in [0.05, 0.1) is 19.6 Å². The highest BCUT2D eigenvalue weighted by molar-refractivity contribution is 5.96. The van der Waals surface area contributed by atoms with E-state index in [9.17, 15) is 43.8 Å². The molecule has 1 aromatic heterocycles. The first kappa shape index (κ1) is 54.5. The maximum Gasteiger partial charge on any atom is 0.408 e. The van der Waals surface area contributed by atoms with Crippen LogP contribution in [-0.2, 0) is 46.3 Å². The number of nitrogens with one attached hydrogen (secondary N) is 7. The van der Waals surface area contributed by atoms with Gasteiger partial charge in [-0.3, -0.25) is 28.8 Å². The fourth-order valence-corrected chi connectivity index (χ4v) is 7.47. The van der Waals surface area contributed by atoms with Gasteiger partial charge in [-0.2, -0.15) is 0 Å². The summed E-state index contributed by atoms with van der Waals surface area (Å²) >= 11 is 0. The third kappa shape index (κ3) is 19.6. The van der Waals surface area contributed by atoms with Crippen molar-refractivity contribution >= 4 is 52.5 Å². The number of H-pyrrole nitrogens is 1. The number of unbranched alkanes of at least 4 members (excludes halogenated alkanes) is 2. The summed E-state index contributed by atoms with van der Waals surface area (Å²) in [6.07, 6.45) is 4.21. The molecule has 3 aromatic carbocycles. The fraction of sp³-hybridized carbons (Fsp3) is 0.471. The van der Waals surface area contributed by atoms with E-state index >= 15 is 0 Å². The molecule has 0 spiro atoms. The first-order chi connectivity index (χ1) is 32.9. The Morgan fingerprint density at radius 1 is 0.652 bits per heavy atom. The van der Waals surface area contributed by atoms with Crippen LogP contribution in [0.5, 0.6) is 11.5 Å². The molecule has 374 valence electrons. The molecular formula is C51H69N7O11. The number of aliphatic carboxylic acids is 1. The van der Waals surface area contributed by atoms with Crippen molar-refractivity contribution in [1.82, 2.24) is 36.9 Å². The molecule has 0 bridgehead atoms. The Bertz CT molecular complexity index is 2300. The third-order valence-electron chi connectivity index (χ3n) is 11.0. The number of ether oxygens (including phenoxy) is 2. The molecule has 18 heteroatoms. The van der Waals surface area contributed by atoms with Gasteiger partial charge in [0.15, 0.2) is 0 Å². The van der Waals surface area contributed by atoms with Crippen molar-refractivity contribution < 1.29 is 53.2 Å². The molecule has 9 N–H and O–H groups in total. The Labute approximate surface area is 403 Å². The maximum absolute atomic E-state index is 14.3. The van der Waals surface area contributed by atoms with Crippen molar-refractivity contribution in [2.45, 2.75) is 141 Å². The van der Waals surface area contributed by atoms with E-state index in [0.717, 1.165) is 10.9 Å². The number of para-hydroxylation sites is 2. The molecular weight excluding hydrogens is 887 g/mol. The topological polar surface area (TPSA) is 266 Å². The van der Waals surface area contributed by atoms with Gasteiger partial charge in [0.25, 0.3) is 0 Å². The van der Waals surface area contributed by atoms with Gasteiger partial charge < -0.3 is 56.6 Å². The highest BCUT2D eigenvalue weighted by Gasteiger charge is 2.31. The molecule has 4 aromatic rings. The maximum atomic E-state index is 14.3. The number of rotatable bonds is 28. The molecule has 0 saturated carbocycles. The number of benzene rings is 3. The molecule has 4 rings (SSSR count). The summed E-state index contributed by atoms with van der Waals surface area (Å²) < 4.78 is 11.2. The van der Waals surface area contributed by atoms with Gasteiger partial charge in [-0.05, 0) is 87.9 Å². The van der Waals surface area contributed by atoms with E-state index in [1.54, 1.807) is 39.1 Å². The molecule has 18 nitrogen and oxygen atoms in total. The highest BCUT2D eigenvalue weighted by Crippen LogP contribution is 2.20. The smallest absolute Gasteiger partial charge is 0.408 e. The van der Waals surface area contributed by atoms with Crippen molar-refractivity contribution in [3.63, 3.8) is 0 Å². The average molecular weight is 956 g/mol. The Hall–Kier alpha value is -7.11. The monoisotopic (exact) mass is 956 g/mol. The van der Waals surface area contributed by atoms with E-state index < -0.39 is 84.0 Å². The predicted octanol–water partition coefficient (Wildman–Crippen LogP) is 5.32. The number of aromatic nitrogens is 1. The molecule has 0 aliphatic rings. The van der Waals surface area contributed by atoms with Gasteiger partial charge in [0, 0.05) is 36.0 Å². The van der Waals surface area contributed by atoms with Gasteiger partial charge in [0.1, 0.15) is 41.3 Å². The molecule has 0 fully saturated rings. The lowest BCUT2D eigenvalue weighted by Gasteiger charge is -2.26. The number of fused-ring (bicyclic) bond motifs is 1. The van der Waals surface area contributed by atoms with Crippen LogP contribution in [0.4, 0.5) is 4.79 Å². The van der Waals surface area contributed by atoms with Crippen molar-refractivity contribution in [3.05, 3.63) is 96.2 Å². The number of carboxylic acids is 1. The second kappa shape index (κ2) is 27.6. The van der Waals surface area contributed by atoms with Crippen molar-refractivity contribution in [2.24, 2.45) is 0 Å². The van der Waals surface area contributed by atoms with Crippen LogP contribution in [0.2, 0.25) is 0 Å². The number of phenolic OH excluding ortho intramolecular Hbond substituents is 1. The van der Waals surface area contributed by atoms with Crippen LogP contribution in [-0.4, -0.2) is 106 Å². The van der Waals surface area contributed by atoms with Crippen LogP contribution in [0, 0.1) is 0 Å². The second-order valence-electron chi connectivity index (χ2n) is 18.0. The van der Waals surface area contributed by atoms with E-state index in [2.05, 4.69) is 36.9 Å².